The summed E-state index contributed by atoms with van der Waals surface area (Å²) in [6.45, 7) is 1.24. The third kappa shape index (κ3) is 3.55. The summed E-state index contributed by atoms with van der Waals surface area (Å²) in [6, 6.07) is 13.9. The van der Waals surface area contributed by atoms with Crippen molar-refractivity contribution in [1.29, 1.82) is 0 Å². The maximum Gasteiger partial charge on any atom is 0.248 e. The molecule has 0 bridgehead atoms. The zero-order valence-corrected chi connectivity index (χ0v) is 15.3. The summed E-state index contributed by atoms with van der Waals surface area (Å²) in [6.07, 6.45) is 1.06. The molecule has 0 saturated heterocycles. The molecule has 2 amide bonds. The highest BCUT2D eigenvalue weighted by Crippen LogP contribution is 2.30. The van der Waals surface area contributed by atoms with Crippen LogP contribution in [0.1, 0.15) is 5.56 Å². The van der Waals surface area contributed by atoms with Crippen LogP contribution in [-0.4, -0.2) is 39.6 Å². The summed E-state index contributed by atoms with van der Waals surface area (Å²) in [5.74, 6) is -0.792. The Bertz CT molecular complexity index is 972. The van der Waals surface area contributed by atoms with Crippen LogP contribution in [-0.2, 0) is 19.6 Å². The van der Waals surface area contributed by atoms with E-state index in [1.165, 1.54) is 4.90 Å². The highest BCUT2D eigenvalue weighted by Gasteiger charge is 2.30. The van der Waals surface area contributed by atoms with Gasteiger partial charge in [0.05, 0.1) is 23.3 Å². The van der Waals surface area contributed by atoms with Gasteiger partial charge in [-0.2, -0.15) is 0 Å². The Morgan fingerprint density at radius 2 is 1.81 bits per heavy atom. The molecule has 3 rings (SSSR count). The molecule has 136 valence electrons. The Labute approximate surface area is 152 Å². The lowest BCUT2D eigenvalue weighted by Gasteiger charge is -2.31. The van der Waals surface area contributed by atoms with Crippen molar-refractivity contribution in [3.05, 3.63) is 54.1 Å². The van der Waals surface area contributed by atoms with Crippen molar-refractivity contribution < 1.29 is 18.0 Å². The largest absolute Gasteiger partial charge is 0.323 e. The number of nitrogens with zero attached hydrogens (tertiary/aromatic N) is 2. The van der Waals surface area contributed by atoms with Gasteiger partial charge in [-0.1, -0.05) is 30.3 Å². The number of aryl methyl sites for hydroxylation is 1. The van der Waals surface area contributed by atoms with Crippen LogP contribution in [0.15, 0.2) is 48.5 Å². The first kappa shape index (κ1) is 17.9. The summed E-state index contributed by atoms with van der Waals surface area (Å²) >= 11 is 0. The van der Waals surface area contributed by atoms with Crippen molar-refractivity contribution in [3.8, 4) is 0 Å². The molecule has 1 aliphatic heterocycles. The van der Waals surface area contributed by atoms with Gasteiger partial charge >= 0.3 is 0 Å². The Hall–Kier alpha value is -2.87. The number of benzene rings is 2. The Kier molecular flexibility index (Phi) is 4.69. The van der Waals surface area contributed by atoms with E-state index in [0.717, 1.165) is 16.1 Å². The molecule has 26 heavy (non-hydrogen) atoms. The van der Waals surface area contributed by atoms with Crippen LogP contribution < -0.4 is 14.5 Å². The number of sulfonamides is 1. The molecule has 0 atom stereocenters. The number of hydrogen-bond donors (Lipinski definition) is 1. The van der Waals surface area contributed by atoms with Crippen molar-refractivity contribution in [2.24, 2.45) is 0 Å². The van der Waals surface area contributed by atoms with E-state index in [9.17, 15) is 18.0 Å². The number of rotatable bonds is 4. The average Bonchev–Trinajstić information content (AvgIpc) is 2.58. The van der Waals surface area contributed by atoms with Gasteiger partial charge < -0.3 is 5.32 Å². The first-order valence-corrected chi connectivity index (χ1v) is 9.85. The van der Waals surface area contributed by atoms with Gasteiger partial charge in [0.25, 0.3) is 0 Å². The van der Waals surface area contributed by atoms with Crippen molar-refractivity contribution in [2.75, 3.05) is 33.9 Å². The lowest BCUT2D eigenvalue weighted by atomic mass is 10.2. The lowest BCUT2D eigenvalue weighted by Crippen LogP contribution is -2.48. The topological polar surface area (TPSA) is 86.8 Å². The third-order valence-electron chi connectivity index (χ3n) is 4.14. The molecule has 7 nitrogen and oxygen atoms in total. The quantitative estimate of drug-likeness (QED) is 0.885. The monoisotopic (exact) mass is 373 g/mol. The second kappa shape index (κ2) is 6.80. The van der Waals surface area contributed by atoms with E-state index in [2.05, 4.69) is 5.32 Å². The standard InChI is InChI=1S/C18H19N3O4S/c1-13-7-3-5-9-15(13)21(26(2,24)25)12-18(23)20-11-17(22)19-14-8-4-6-10-16(14)20/h3-10H,11-12H2,1-2H3,(H,19,22). The number of anilines is 3. The molecular formula is C18H19N3O4S. The number of carbonyl (C=O) groups excluding carboxylic acids is 2. The van der Waals surface area contributed by atoms with Crippen LogP contribution in [0.2, 0.25) is 0 Å². The van der Waals surface area contributed by atoms with Gasteiger partial charge in [0, 0.05) is 0 Å². The Balaban J connectivity index is 1.95. The summed E-state index contributed by atoms with van der Waals surface area (Å²) in [5, 5.41) is 2.70. The minimum Gasteiger partial charge on any atom is -0.323 e. The van der Waals surface area contributed by atoms with Crippen LogP contribution in [0, 0.1) is 6.92 Å². The second-order valence-corrected chi connectivity index (χ2v) is 8.01. The van der Waals surface area contributed by atoms with Crippen molar-refractivity contribution in [1.82, 2.24) is 0 Å². The molecule has 2 aromatic carbocycles. The fraction of sp³-hybridized carbons (Fsp3) is 0.222. The second-order valence-electron chi connectivity index (χ2n) is 6.10. The fourth-order valence-electron chi connectivity index (χ4n) is 2.89. The minimum atomic E-state index is -3.68. The highest BCUT2D eigenvalue weighted by molar-refractivity contribution is 7.92. The van der Waals surface area contributed by atoms with Gasteiger partial charge in [-0.15, -0.1) is 0 Å². The molecule has 1 heterocycles. The number of fused-ring (bicyclic) bond motifs is 1. The molecular weight excluding hydrogens is 354 g/mol. The third-order valence-corrected chi connectivity index (χ3v) is 5.26. The average molecular weight is 373 g/mol. The first-order valence-electron chi connectivity index (χ1n) is 8.00. The van der Waals surface area contributed by atoms with Crippen LogP contribution in [0.25, 0.3) is 0 Å². The maximum atomic E-state index is 12.9. The summed E-state index contributed by atoms with van der Waals surface area (Å²) in [5.41, 5.74) is 2.26. The van der Waals surface area contributed by atoms with Crippen molar-refractivity contribution in [2.45, 2.75) is 6.92 Å². The summed E-state index contributed by atoms with van der Waals surface area (Å²) in [7, 11) is -3.68. The molecule has 0 fully saturated rings. The highest BCUT2D eigenvalue weighted by atomic mass is 32.2. The van der Waals surface area contributed by atoms with Crippen LogP contribution in [0.3, 0.4) is 0 Å². The molecule has 0 saturated carbocycles. The zero-order chi connectivity index (χ0) is 18.9. The van der Waals surface area contributed by atoms with E-state index < -0.39 is 15.9 Å². The maximum absolute atomic E-state index is 12.9. The van der Waals surface area contributed by atoms with Gasteiger partial charge in [0.15, 0.2) is 0 Å². The molecule has 0 radical (unpaired) electrons. The minimum absolute atomic E-state index is 0.152. The fourth-order valence-corrected chi connectivity index (χ4v) is 3.80. The summed E-state index contributed by atoms with van der Waals surface area (Å²) < 4.78 is 25.6. The predicted molar refractivity (Wildman–Crippen MR) is 101 cm³/mol. The van der Waals surface area contributed by atoms with Gasteiger partial charge in [0.2, 0.25) is 21.8 Å². The van der Waals surface area contributed by atoms with E-state index in [1.54, 1.807) is 55.5 Å². The number of amides is 2. The number of carbonyl (C=O) groups is 2. The summed E-state index contributed by atoms with van der Waals surface area (Å²) in [4.78, 5) is 26.1. The molecule has 0 aromatic heterocycles. The lowest BCUT2D eigenvalue weighted by molar-refractivity contribution is -0.121. The predicted octanol–water partition coefficient (Wildman–Crippen LogP) is 1.75. The first-order chi connectivity index (χ1) is 12.3. The Morgan fingerprint density at radius 1 is 1.15 bits per heavy atom. The molecule has 8 heteroatoms. The van der Waals surface area contributed by atoms with Crippen LogP contribution in [0.4, 0.5) is 17.1 Å². The normalized spacial score (nSPS) is 13.8. The van der Waals surface area contributed by atoms with Crippen molar-refractivity contribution >= 4 is 38.9 Å². The number of hydrogen-bond acceptors (Lipinski definition) is 4. The molecule has 2 aromatic rings. The van der Waals surface area contributed by atoms with Crippen molar-refractivity contribution in [3.63, 3.8) is 0 Å². The van der Waals surface area contributed by atoms with E-state index in [4.69, 9.17) is 0 Å². The van der Waals surface area contributed by atoms with Gasteiger partial charge in [0.1, 0.15) is 13.1 Å². The molecule has 1 aliphatic rings. The number of nitrogens with one attached hydrogen (secondary N) is 1. The van der Waals surface area contributed by atoms with Crippen LogP contribution in [0.5, 0.6) is 0 Å². The zero-order valence-electron chi connectivity index (χ0n) is 14.5. The van der Waals surface area contributed by atoms with Crippen LogP contribution >= 0.6 is 0 Å². The van der Waals surface area contributed by atoms with Gasteiger partial charge in [-0.05, 0) is 30.7 Å². The van der Waals surface area contributed by atoms with E-state index >= 15 is 0 Å². The molecule has 0 spiro atoms. The molecule has 0 unspecified atom stereocenters. The van der Waals surface area contributed by atoms with Gasteiger partial charge in [-0.3, -0.25) is 18.8 Å². The SMILES string of the molecule is Cc1ccccc1N(CC(=O)N1CC(=O)Nc2ccccc21)S(C)(=O)=O. The molecule has 1 N–H and O–H groups in total. The van der Waals surface area contributed by atoms with E-state index in [1.807, 2.05) is 0 Å². The smallest absolute Gasteiger partial charge is 0.248 e. The van der Waals surface area contributed by atoms with E-state index in [-0.39, 0.29) is 19.0 Å². The van der Waals surface area contributed by atoms with Gasteiger partial charge in [-0.25, -0.2) is 8.42 Å². The molecule has 0 aliphatic carbocycles. The van der Waals surface area contributed by atoms with E-state index in [0.29, 0.717) is 17.1 Å². The number of para-hydroxylation sites is 3. The Morgan fingerprint density at radius 3 is 2.50 bits per heavy atom.